The Hall–Kier alpha value is -3.66. The lowest BCUT2D eigenvalue weighted by Crippen LogP contribution is -2.51. The van der Waals surface area contributed by atoms with Gasteiger partial charge in [0.2, 0.25) is 0 Å². The standard InChI is InChI=1S/C28H26F3N3O3S/c1-17-4-9-21(14-18(17)2)32-26(36)34-12-13-38-27(34)23-15-22(37-3)10-11-24(23)33(25(27)35)16-19-5-7-20(8-6-19)28(29,30)31/h4-11,14-15H,12-13,16H2,1-3H3,(H,32,36). The largest absolute Gasteiger partial charge is 0.497 e. The molecule has 1 fully saturated rings. The van der Waals surface area contributed by atoms with Gasteiger partial charge in [0.1, 0.15) is 5.75 Å². The predicted molar refractivity (Wildman–Crippen MR) is 141 cm³/mol. The van der Waals surface area contributed by atoms with Gasteiger partial charge in [-0.3, -0.25) is 9.69 Å². The molecule has 0 aliphatic carbocycles. The van der Waals surface area contributed by atoms with Crippen LogP contribution in [0.2, 0.25) is 0 Å². The highest BCUT2D eigenvalue weighted by Crippen LogP contribution is 2.55. The molecule has 3 aromatic carbocycles. The van der Waals surface area contributed by atoms with E-state index < -0.39 is 22.6 Å². The first kappa shape index (κ1) is 26.0. The molecular formula is C28H26F3N3O3S. The van der Waals surface area contributed by atoms with Crippen LogP contribution in [0.5, 0.6) is 5.75 Å². The summed E-state index contributed by atoms with van der Waals surface area (Å²) in [5.41, 5.74) is 3.75. The smallest absolute Gasteiger partial charge is 0.416 e. The maximum atomic E-state index is 14.1. The maximum absolute atomic E-state index is 14.1. The van der Waals surface area contributed by atoms with Crippen molar-refractivity contribution in [2.45, 2.75) is 31.4 Å². The van der Waals surface area contributed by atoms with E-state index >= 15 is 0 Å². The first-order valence-electron chi connectivity index (χ1n) is 12.0. The number of nitrogens with zero attached hydrogens (tertiary/aromatic N) is 2. The number of amides is 3. The van der Waals surface area contributed by atoms with Crippen molar-refractivity contribution in [1.82, 2.24) is 4.90 Å². The van der Waals surface area contributed by atoms with E-state index in [1.54, 1.807) is 23.1 Å². The van der Waals surface area contributed by atoms with Crippen molar-refractivity contribution in [3.63, 3.8) is 0 Å². The number of fused-ring (bicyclic) bond motifs is 2. The Morgan fingerprint density at radius 1 is 1.05 bits per heavy atom. The van der Waals surface area contributed by atoms with Crippen molar-refractivity contribution >= 4 is 35.1 Å². The Bertz CT molecular complexity index is 1410. The SMILES string of the molecule is COc1ccc2c(c1)C1(SCCN1C(=O)Nc1ccc(C)c(C)c1)C(=O)N2Cc1ccc(C(F)(F)F)cc1. The van der Waals surface area contributed by atoms with Gasteiger partial charge < -0.3 is 15.0 Å². The molecule has 3 aromatic rings. The first-order chi connectivity index (χ1) is 18.0. The highest BCUT2D eigenvalue weighted by atomic mass is 32.2. The highest BCUT2D eigenvalue weighted by Gasteiger charge is 2.59. The van der Waals surface area contributed by atoms with E-state index in [4.69, 9.17) is 4.74 Å². The minimum absolute atomic E-state index is 0.0607. The van der Waals surface area contributed by atoms with Gasteiger partial charge in [-0.1, -0.05) is 18.2 Å². The van der Waals surface area contributed by atoms with E-state index in [1.165, 1.54) is 35.9 Å². The highest BCUT2D eigenvalue weighted by molar-refractivity contribution is 8.01. The number of benzene rings is 3. The van der Waals surface area contributed by atoms with Gasteiger partial charge in [0.15, 0.2) is 4.87 Å². The zero-order valence-corrected chi connectivity index (χ0v) is 21.9. The van der Waals surface area contributed by atoms with Crippen molar-refractivity contribution in [3.05, 3.63) is 88.5 Å². The quantitative estimate of drug-likeness (QED) is 0.421. The Morgan fingerprint density at radius 3 is 2.45 bits per heavy atom. The average molecular weight is 542 g/mol. The second-order valence-electron chi connectivity index (χ2n) is 9.34. The summed E-state index contributed by atoms with van der Waals surface area (Å²) in [4.78, 5) is 29.5. The van der Waals surface area contributed by atoms with Gasteiger partial charge in [0.25, 0.3) is 5.91 Å². The van der Waals surface area contributed by atoms with Crippen molar-refractivity contribution < 1.29 is 27.5 Å². The van der Waals surface area contributed by atoms with Crippen LogP contribution >= 0.6 is 11.8 Å². The summed E-state index contributed by atoms with van der Waals surface area (Å²) in [6, 6.07) is 15.2. The number of hydrogen-bond donors (Lipinski definition) is 1. The number of urea groups is 1. The summed E-state index contributed by atoms with van der Waals surface area (Å²) in [7, 11) is 1.52. The predicted octanol–water partition coefficient (Wildman–Crippen LogP) is 6.31. The topological polar surface area (TPSA) is 61.9 Å². The number of hydrogen-bond acceptors (Lipinski definition) is 4. The molecule has 0 radical (unpaired) electrons. The van der Waals surface area contributed by atoms with Crippen molar-refractivity contribution in [3.8, 4) is 5.75 Å². The molecule has 3 amide bonds. The van der Waals surface area contributed by atoms with Crippen LogP contribution in [0.15, 0.2) is 60.7 Å². The molecule has 1 unspecified atom stereocenters. The number of rotatable bonds is 4. The number of thioether (sulfide) groups is 1. The van der Waals surface area contributed by atoms with Crippen molar-refractivity contribution in [2.75, 3.05) is 29.6 Å². The van der Waals surface area contributed by atoms with E-state index in [1.807, 2.05) is 32.0 Å². The van der Waals surface area contributed by atoms with Crippen LogP contribution in [0.25, 0.3) is 0 Å². The summed E-state index contributed by atoms with van der Waals surface area (Å²) in [5, 5.41) is 2.93. The molecule has 1 spiro atoms. The number of carbonyl (C=O) groups is 2. The fourth-order valence-corrected chi connectivity index (χ4v) is 6.32. The monoisotopic (exact) mass is 541 g/mol. The number of methoxy groups -OCH3 is 1. The van der Waals surface area contributed by atoms with E-state index in [9.17, 15) is 22.8 Å². The molecule has 2 aliphatic rings. The molecule has 1 N–H and O–H groups in total. The van der Waals surface area contributed by atoms with Crippen LogP contribution in [0.4, 0.5) is 29.3 Å². The van der Waals surface area contributed by atoms with Gasteiger partial charge in [-0.05, 0) is 73.0 Å². The summed E-state index contributed by atoms with van der Waals surface area (Å²) in [6.07, 6.45) is -4.44. The molecule has 0 aromatic heterocycles. The molecule has 0 bridgehead atoms. The van der Waals surface area contributed by atoms with Crippen molar-refractivity contribution in [1.29, 1.82) is 0 Å². The van der Waals surface area contributed by atoms with Crippen LogP contribution in [0.1, 0.15) is 27.8 Å². The molecule has 0 saturated carbocycles. The molecule has 1 saturated heterocycles. The molecule has 5 rings (SSSR count). The Morgan fingerprint density at radius 2 is 1.79 bits per heavy atom. The Balaban J connectivity index is 1.50. The molecule has 198 valence electrons. The second kappa shape index (κ2) is 9.58. The van der Waals surface area contributed by atoms with E-state index in [-0.39, 0.29) is 12.5 Å². The van der Waals surface area contributed by atoms with Gasteiger partial charge in [0.05, 0.1) is 24.9 Å². The molecular weight excluding hydrogens is 515 g/mol. The van der Waals surface area contributed by atoms with Crippen LogP contribution in [0, 0.1) is 13.8 Å². The normalized spacial score (nSPS) is 18.7. The minimum Gasteiger partial charge on any atom is -0.497 e. The first-order valence-corrected chi connectivity index (χ1v) is 13.0. The van der Waals surface area contributed by atoms with Crippen molar-refractivity contribution in [2.24, 2.45) is 0 Å². The third-order valence-corrected chi connectivity index (χ3v) is 8.45. The summed E-state index contributed by atoms with van der Waals surface area (Å²) in [6.45, 7) is 4.35. The summed E-state index contributed by atoms with van der Waals surface area (Å²) in [5.74, 6) is 0.754. The van der Waals surface area contributed by atoms with E-state index in [0.717, 1.165) is 23.3 Å². The lowest BCUT2D eigenvalue weighted by molar-refractivity contribution is -0.137. The van der Waals surface area contributed by atoms with E-state index in [2.05, 4.69) is 5.32 Å². The molecule has 2 heterocycles. The number of anilines is 2. The van der Waals surface area contributed by atoms with E-state index in [0.29, 0.717) is 40.5 Å². The Labute approximate surface area is 222 Å². The summed E-state index contributed by atoms with van der Waals surface area (Å²) >= 11 is 1.36. The third-order valence-electron chi connectivity index (χ3n) is 7.03. The van der Waals surface area contributed by atoms with Gasteiger partial charge in [0, 0.05) is 23.5 Å². The molecule has 10 heteroatoms. The zero-order chi connectivity index (χ0) is 27.2. The number of halogens is 3. The lowest BCUT2D eigenvalue weighted by Gasteiger charge is -2.33. The lowest BCUT2D eigenvalue weighted by atomic mass is 10.1. The number of aryl methyl sites for hydroxylation is 2. The van der Waals surface area contributed by atoms with Crippen LogP contribution < -0.4 is 15.0 Å². The second-order valence-corrected chi connectivity index (χ2v) is 10.6. The fourth-order valence-electron chi connectivity index (χ4n) is 4.87. The van der Waals surface area contributed by atoms with Gasteiger partial charge in [-0.25, -0.2) is 4.79 Å². The molecule has 2 aliphatic heterocycles. The Kier molecular flexibility index (Phi) is 6.54. The average Bonchev–Trinajstić information content (AvgIpc) is 3.43. The third kappa shape index (κ3) is 4.36. The molecule has 6 nitrogen and oxygen atoms in total. The minimum atomic E-state index is -4.44. The maximum Gasteiger partial charge on any atom is 0.416 e. The summed E-state index contributed by atoms with van der Waals surface area (Å²) < 4.78 is 44.6. The fraction of sp³-hybridized carbons (Fsp3) is 0.286. The number of alkyl halides is 3. The van der Waals surface area contributed by atoms with Crippen LogP contribution in [-0.2, 0) is 22.4 Å². The van der Waals surface area contributed by atoms with Gasteiger partial charge in [-0.2, -0.15) is 13.2 Å². The van der Waals surface area contributed by atoms with Gasteiger partial charge in [-0.15, -0.1) is 11.8 Å². The van der Waals surface area contributed by atoms with Crippen LogP contribution in [0.3, 0.4) is 0 Å². The molecule has 1 atom stereocenters. The number of carbonyl (C=O) groups excluding carboxylic acids is 2. The number of nitrogens with one attached hydrogen (secondary N) is 1. The molecule has 38 heavy (non-hydrogen) atoms. The van der Waals surface area contributed by atoms with Gasteiger partial charge >= 0.3 is 12.2 Å². The number of ether oxygens (including phenoxy) is 1. The zero-order valence-electron chi connectivity index (χ0n) is 21.1. The van der Waals surface area contributed by atoms with Crippen LogP contribution in [-0.4, -0.2) is 36.2 Å².